The van der Waals surface area contributed by atoms with Crippen LogP contribution in [0.1, 0.15) is 30.0 Å². The summed E-state index contributed by atoms with van der Waals surface area (Å²) in [6.07, 6.45) is 5.89. The molecule has 1 N–H and O–H groups in total. The van der Waals surface area contributed by atoms with Gasteiger partial charge in [0.05, 0.1) is 36.7 Å². The topological polar surface area (TPSA) is 79.4 Å². The van der Waals surface area contributed by atoms with Gasteiger partial charge in [0.25, 0.3) is 0 Å². The lowest BCUT2D eigenvalue weighted by Crippen LogP contribution is -2.09. The van der Waals surface area contributed by atoms with Gasteiger partial charge in [0.1, 0.15) is 12.1 Å². The van der Waals surface area contributed by atoms with E-state index in [2.05, 4.69) is 50.7 Å². The molecule has 6 nitrogen and oxygen atoms in total. The van der Waals surface area contributed by atoms with Crippen molar-refractivity contribution in [3.8, 4) is 6.07 Å². The van der Waals surface area contributed by atoms with Crippen LogP contribution in [0.4, 0.5) is 5.82 Å². The number of hydrogen-bond donors (Lipinski definition) is 1. The summed E-state index contributed by atoms with van der Waals surface area (Å²) in [6.45, 7) is 0.544. The van der Waals surface area contributed by atoms with E-state index in [4.69, 9.17) is 5.26 Å². The lowest BCUT2D eigenvalue weighted by Gasteiger charge is -2.15. The van der Waals surface area contributed by atoms with Gasteiger partial charge in [-0.2, -0.15) is 10.4 Å². The van der Waals surface area contributed by atoms with Gasteiger partial charge in [-0.05, 0) is 24.0 Å². The molecule has 1 aliphatic rings. The summed E-state index contributed by atoms with van der Waals surface area (Å²) in [5.74, 6) is 0.805. The van der Waals surface area contributed by atoms with Gasteiger partial charge in [-0.3, -0.25) is 0 Å². The van der Waals surface area contributed by atoms with Gasteiger partial charge in [-0.25, -0.2) is 14.6 Å². The summed E-state index contributed by atoms with van der Waals surface area (Å²) in [5, 5.41) is 17.5. The summed E-state index contributed by atoms with van der Waals surface area (Å²) >= 11 is 0. The van der Waals surface area contributed by atoms with Gasteiger partial charge in [-0.1, -0.05) is 24.3 Å². The Morgan fingerprint density at radius 3 is 3.13 bits per heavy atom. The molecule has 0 saturated heterocycles. The number of hydrogen-bond acceptors (Lipinski definition) is 5. The first-order valence-corrected chi connectivity index (χ1v) is 7.74. The maximum Gasteiger partial charge on any atom is 0.163 e. The van der Waals surface area contributed by atoms with Crippen LogP contribution in [0.3, 0.4) is 0 Å². The lowest BCUT2D eigenvalue weighted by molar-refractivity contribution is 0.643. The minimum Gasteiger partial charge on any atom is -0.363 e. The molecule has 1 atom stereocenters. The normalized spacial score (nSPS) is 16.2. The second-order valence-corrected chi connectivity index (χ2v) is 5.67. The molecule has 1 aliphatic carbocycles. The van der Waals surface area contributed by atoms with E-state index >= 15 is 0 Å². The first kappa shape index (κ1) is 13.7. The molecule has 114 valence electrons. The van der Waals surface area contributed by atoms with Crippen molar-refractivity contribution < 1.29 is 0 Å². The van der Waals surface area contributed by atoms with Crippen molar-refractivity contribution in [1.82, 2.24) is 19.7 Å². The number of nitrogens with zero attached hydrogens (tertiary/aromatic N) is 5. The van der Waals surface area contributed by atoms with Gasteiger partial charge in [0, 0.05) is 0 Å². The van der Waals surface area contributed by atoms with E-state index in [1.807, 2.05) is 0 Å². The summed E-state index contributed by atoms with van der Waals surface area (Å²) in [7, 11) is 0. The summed E-state index contributed by atoms with van der Waals surface area (Å²) in [4.78, 5) is 8.71. The average Bonchev–Trinajstić information content (AvgIpc) is 3.18. The molecule has 0 unspecified atom stereocenters. The number of aryl methyl sites for hydroxylation is 2. The third-order valence-corrected chi connectivity index (χ3v) is 4.31. The van der Waals surface area contributed by atoms with E-state index in [9.17, 15) is 0 Å². The van der Waals surface area contributed by atoms with Gasteiger partial charge in [0.15, 0.2) is 5.65 Å². The molecule has 0 amide bonds. The largest absolute Gasteiger partial charge is 0.363 e. The van der Waals surface area contributed by atoms with Crippen molar-refractivity contribution in [1.29, 1.82) is 5.26 Å². The molecule has 4 rings (SSSR count). The predicted molar refractivity (Wildman–Crippen MR) is 86.7 cm³/mol. The minimum atomic E-state index is 0.270. The molecule has 0 aliphatic heterocycles. The fraction of sp³-hybridized carbons (Fsp3) is 0.294. The highest BCUT2D eigenvalue weighted by Crippen LogP contribution is 2.34. The van der Waals surface area contributed by atoms with Crippen LogP contribution in [-0.2, 0) is 13.0 Å². The molecule has 0 fully saturated rings. The Kier molecular flexibility index (Phi) is 3.39. The highest BCUT2D eigenvalue weighted by atomic mass is 15.3. The van der Waals surface area contributed by atoms with E-state index in [0.717, 1.165) is 29.7 Å². The zero-order valence-corrected chi connectivity index (χ0v) is 12.6. The Labute approximate surface area is 133 Å². The highest BCUT2D eigenvalue weighted by molar-refractivity contribution is 5.86. The Morgan fingerprint density at radius 2 is 2.22 bits per heavy atom. The van der Waals surface area contributed by atoms with Crippen molar-refractivity contribution in [2.75, 3.05) is 5.32 Å². The number of rotatable bonds is 4. The monoisotopic (exact) mass is 304 g/mol. The number of nitriles is 1. The number of aromatic nitrogens is 4. The first-order chi connectivity index (χ1) is 11.4. The van der Waals surface area contributed by atoms with Crippen LogP contribution in [0.25, 0.3) is 11.0 Å². The second kappa shape index (κ2) is 5.69. The number of benzene rings is 1. The molecule has 2 aromatic heterocycles. The fourth-order valence-corrected chi connectivity index (χ4v) is 3.20. The Hall–Kier alpha value is -2.94. The van der Waals surface area contributed by atoms with Crippen LogP contribution in [0.2, 0.25) is 0 Å². The summed E-state index contributed by atoms with van der Waals surface area (Å²) in [6, 6.07) is 10.9. The van der Waals surface area contributed by atoms with Crippen molar-refractivity contribution in [3.63, 3.8) is 0 Å². The van der Waals surface area contributed by atoms with Crippen LogP contribution < -0.4 is 5.32 Å². The second-order valence-electron chi connectivity index (χ2n) is 5.67. The molecule has 3 aromatic rings. The lowest BCUT2D eigenvalue weighted by atomic mass is 10.1. The smallest absolute Gasteiger partial charge is 0.163 e. The van der Waals surface area contributed by atoms with E-state index in [0.29, 0.717) is 13.0 Å². The molecule has 0 saturated carbocycles. The summed E-state index contributed by atoms with van der Waals surface area (Å²) < 4.78 is 1.76. The van der Waals surface area contributed by atoms with E-state index in [1.54, 1.807) is 17.2 Å². The maximum absolute atomic E-state index is 8.74. The van der Waals surface area contributed by atoms with Crippen LogP contribution in [0, 0.1) is 11.3 Å². The predicted octanol–water partition coefficient (Wildman–Crippen LogP) is 2.84. The Bertz CT molecular complexity index is 891. The van der Waals surface area contributed by atoms with Gasteiger partial charge in [-0.15, -0.1) is 0 Å². The third-order valence-electron chi connectivity index (χ3n) is 4.31. The van der Waals surface area contributed by atoms with Crippen molar-refractivity contribution >= 4 is 16.9 Å². The first-order valence-electron chi connectivity index (χ1n) is 7.74. The van der Waals surface area contributed by atoms with Crippen molar-refractivity contribution in [2.24, 2.45) is 0 Å². The Balaban J connectivity index is 1.65. The minimum absolute atomic E-state index is 0.270. The number of nitrogens with one attached hydrogen (secondary N) is 1. The molecule has 23 heavy (non-hydrogen) atoms. The fourth-order valence-electron chi connectivity index (χ4n) is 3.20. The van der Waals surface area contributed by atoms with Gasteiger partial charge in [0.2, 0.25) is 0 Å². The SMILES string of the molecule is N#CCCn1ncc2c(N[C@H]3CCc4ccccc43)ncnc21. The van der Waals surface area contributed by atoms with Crippen LogP contribution in [0.5, 0.6) is 0 Å². The number of fused-ring (bicyclic) bond motifs is 2. The van der Waals surface area contributed by atoms with Crippen LogP contribution in [-0.4, -0.2) is 19.7 Å². The standard InChI is InChI=1S/C17H16N6/c18-8-3-9-23-17-14(10-21-23)16(19-11-20-17)22-15-7-6-12-4-1-2-5-13(12)15/h1-2,4-5,10-11,15H,3,6-7,9H2,(H,19,20,22)/t15-/m0/s1. The van der Waals surface area contributed by atoms with Gasteiger partial charge >= 0.3 is 0 Å². The maximum atomic E-state index is 8.74. The molecule has 0 bridgehead atoms. The van der Waals surface area contributed by atoms with Crippen molar-refractivity contribution in [3.05, 3.63) is 47.9 Å². The molecule has 1 aromatic carbocycles. The highest BCUT2D eigenvalue weighted by Gasteiger charge is 2.23. The average molecular weight is 304 g/mol. The molecular formula is C17H16N6. The number of anilines is 1. The zero-order chi connectivity index (χ0) is 15.6. The van der Waals surface area contributed by atoms with E-state index in [1.165, 1.54) is 11.1 Å². The molecule has 0 radical (unpaired) electrons. The zero-order valence-electron chi connectivity index (χ0n) is 12.6. The third kappa shape index (κ3) is 2.40. The van der Waals surface area contributed by atoms with E-state index < -0.39 is 0 Å². The van der Waals surface area contributed by atoms with Crippen LogP contribution in [0.15, 0.2) is 36.8 Å². The quantitative estimate of drug-likeness (QED) is 0.801. The summed E-state index contributed by atoms with van der Waals surface area (Å²) in [5.41, 5.74) is 3.51. The Morgan fingerprint density at radius 1 is 1.30 bits per heavy atom. The van der Waals surface area contributed by atoms with Crippen molar-refractivity contribution in [2.45, 2.75) is 31.8 Å². The molecular weight excluding hydrogens is 288 g/mol. The van der Waals surface area contributed by atoms with E-state index in [-0.39, 0.29) is 6.04 Å². The molecule has 6 heteroatoms. The molecule has 2 heterocycles. The molecule has 0 spiro atoms. The van der Waals surface area contributed by atoms with Gasteiger partial charge < -0.3 is 5.32 Å². The van der Waals surface area contributed by atoms with Crippen LogP contribution >= 0.6 is 0 Å².